The first kappa shape index (κ1) is 16.1. The highest BCUT2D eigenvalue weighted by Gasteiger charge is 2.08. The molecule has 0 aliphatic heterocycles. The SMILES string of the molecule is CCc1ccc(C(=O)Nc2ccc(-c3nc4ccccc4[nH]3)cc2)cc1. The van der Waals surface area contributed by atoms with Crippen LogP contribution in [0.1, 0.15) is 22.8 Å². The summed E-state index contributed by atoms with van der Waals surface area (Å²) in [6.45, 7) is 2.10. The lowest BCUT2D eigenvalue weighted by atomic mass is 10.1. The number of hydrogen-bond donors (Lipinski definition) is 2. The summed E-state index contributed by atoms with van der Waals surface area (Å²) in [5, 5.41) is 2.93. The summed E-state index contributed by atoms with van der Waals surface area (Å²) >= 11 is 0. The fourth-order valence-electron chi connectivity index (χ4n) is 2.90. The van der Waals surface area contributed by atoms with E-state index in [9.17, 15) is 4.79 Å². The molecule has 128 valence electrons. The van der Waals surface area contributed by atoms with Gasteiger partial charge >= 0.3 is 0 Å². The number of carbonyl (C=O) groups is 1. The summed E-state index contributed by atoms with van der Waals surface area (Å²) in [6.07, 6.45) is 0.963. The van der Waals surface area contributed by atoms with Crippen LogP contribution in [0.2, 0.25) is 0 Å². The fourth-order valence-corrected chi connectivity index (χ4v) is 2.90. The maximum Gasteiger partial charge on any atom is 0.255 e. The quantitative estimate of drug-likeness (QED) is 0.546. The average Bonchev–Trinajstić information content (AvgIpc) is 3.13. The van der Waals surface area contributed by atoms with Gasteiger partial charge < -0.3 is 10.3 Å². The molecule has 26 heavy (non-hydrogen) atoms. The van der Waals surface area contributed by atoms with E-state index >= 15 is 0 Å². The number of aromatic amines is 1. The van der Waals surface area contributed by atoms with E-state index in [0.29, 0.717) is 5.56 Å². The molecule has 0 atom stereocenters. The zero-order valence-electron chi connectivity index (χ0n) is 14.5. The van der Waals surface area contributed by atoms with Crippen molar-refractivity contribution in [3.05, 3.63) is 83.9 Å². The van der Waals surface area contributed by atoms with Crippen molar-refractivity contribution >= 4 is 22.6 Å². The fraction of sp³-hybridized carbons (Fsp3) is 0.0909. The third kappa shape index (κ3) is 3.22. The van der Waals surface area contributed by atoms with E-state index in [1.165, 1.54) is 5.56 Å². The lowest BCUT2D eigenvalue weighted by Gasteiger charge is -2.06. The standard InChI is InChI=1S/C22H19N3O/c1-2-15-7-9-17(10-8-15)22(26)23-18-13-11-16(12-14-18)21-24-19-5-3-4-6-20(19)25-21/h3-14H,2H2,1H3,(H,23,26)(H,24,25). The van der Waals surface area contributed by atoms with Gasteiger partial charge in [-0.25, -0.2) is 4.98 Å². The summed E-state index contributed by atoms with van der Waals surface area (Å²) in [6, 6.07) is 23.3. The summed E-state index contributed by atoms with van der Waals surface area (Å²) in [5.41, 5.74) is 5.56. The van der Waals surface area contributed by atoms with Crippen LogP contribution in [-0.2, 0) is 6.42 Å². The number of aromatic nitrogens is 2. The second-order valence-corrected chi connectivity index (χ2v) is 6.18. The van der Waals surface area contributed by atoms with E-state index in [2.05, 4.69) is 22.2 Å². The van der Waals surface area contributed by atoms with Crippen LogP contribution in [0.5, 0.6) is 0 Å². The largest absolute Gasteiger partial charge is 0.338 e. The van der Waals surface area contributed by atoms with Crippen molar-refractivity contribution < 1.29 is 4.79 Å². The molecular formula is C22H19N3O. The monoisotopic (exact) mass is 341 g/mol. The van der Waals surface area contributed by atoms with Gasteiger partial charge in [0.2, 0.25) is 0 Å². The van der Waals surface area contributed by atoms with Crippen molar-refractivity contribution in [2.45, 2.75) is 13.3 Å². The van der Waals surface area contributed by atoms with E-state index in [0.717, 1.165) is 34.5 Å². The molecule has 0 aliphatic rings. The van der Waals surface area contributed by atoms with Gasteiger partial charge in [0.05, 0.1) is 11.0 Å². The van der Waals surface area contributed by atoms with E-state index < -0.39 is 0 Å². The van der Waals surface area contributed by atoms with E-state index in [1.807, 2.05) is 72.8 Å². The Morgan fingerprint density at radius 3 is 2.38 bits per heavy atom. The number of aryl methyl sites for hydroxylation is 1. The van der Waals surface area contributed by atoms with Crippen molar-refractivity contribution in [2.24, 2.45) is 0 Å². The van der Waals surface area contributed by atoms with Crippen LogP contribution in [0.4, 0.5) is 5.69 Å². The van der Waals surface area contributed by atoms with Gasteiger partial charge in [0.25, 0.3) is 5.91 Å². The zero-order chi connectivity index (χ0) is 17.9. The number of para-hydroxylation sites is 2. The first-order chi connectivity index (χ1) is 12.7. The second-order valence-electron chi connectivity index (χ2n) is 6.18. The first-order valence-electron chi connectivity index (χ1n) is 8.68. The van der Waals surface area contributed by atoms with Crippen LogP contribution >= 0.6 is 0 Å². The van der Waals surface area contributed by atoms with E-state index in [4.69, 9.17) is 0 Å². The Morgan fingerprint density at radius 1 is 0.962 bits per heavy atom. The number of amides is 1. The lowest BCUT2D eigenvalue weighted by Crippen LogP contribution is -2.11. The lowest BCUT2D eigenvalue weighted by molar-refractivity contribution is 0.102. The molecule has 4 aromatic rings. The predicted octanol–water partition coefficient (Wildman–Crippen LogP) is 5.04. The van der Waals surface area contributed by atoms with Gasteiger partial charge in [-0.2, -0.15) is 0 Å². The highest BCUT2D eigenvalue weighted by atomic mass is 16.1. The van der Waals surface area contributed by atoms with Crippen molar-refractivity contribution in [1.82, 2.24) is 9.97 Å². The van der Waals surface area contributed by atoms with Gasteiger partial charge in [-0.05, 0) is 60.5 Å². The smallest absolute Gasteiger partial charge is 0.255 e. The Morgan fingerprint density at radius 2 is 1.69 bits per heavy atom. The van der Waals surface area contributed by atoms with Crippen LogP contribution in [0.3, 0.4) is 0 Å². The number of nitrogens with zero attached hydrogens (tertiary/aromatic N) is 1. The first-order valence-corrected chi connectivity index (χ1v) is 8.68. The molecule has 1 heterocycles. The Bertz CT molecular complexity index is 1010. The molecule has 0 unspecified atom stereocenters. The van der Waals surface area contributed by atoms with Crippen molar-refractivity contribution in [3.63, 3.8) is 0 Å². The van der Waals surface area contributed by atoms with Gasteiger partial charge in [0.15, 0.2) is 0 Å². The molecule has 0 spiro atoms. The number of nitrogens with one attached hydrogen (secondary N) is 2. The Kier molecular flexibility index (Phi) is 4.23. The number of imidazole rings is 1. The van der Waals surface area contributed by atoms with Crippen LogP contribution in [0.25, 0.3) is 22.4 Å². The van der Waals surface area contributed by atoms with Crippen LogP contribution < -0.4 is 5.32 Å². The Hall–Kier alpha value is -3.40. The number of benzene rings is 3. The number of carbonyl (C=O) groups excluding carboxylic acids is 1. The molecule has 2 N–H and O–H groups in total. The summed E-state index contributed by atoms with van der Waals surface area (Å²) in [5.74, 6) is 0.711. The van der Waals surface area contributed by atoms with Crippen molar-refractivity contribution in [3.8, 4) is 11.4 Å². The van der Waals surface area contributed by atoms with Gasteiger partial charge in [0, 0.05) is 16.8 Å². The molecule has 4 heteroatoms. The van der Waals surface area contributed by atoms with E-state index in [-0.39, 0.29) is 5.91 Å². The highest BCUT2D eigenvalue weighted by molar-refractivity contribution is 6.04. The molecule has 4 nitrogen and oxygen atoms in total. The van der Waals surface area contributed by atoms with Crippen LogP contribution in [-0.4, -0.2) is 15.9 Å². The molecule has 3 aromatic carbocycles. The number of rotatable bonds is 4. The van der Waals surface area contributed by atoms with Gasteiger partial charge in [-0.15, -0.1) is 0 Å². The van der Waals surface area contributed by atoms with Crippen LogP contribution in [0.15, 0.2) is 72.8 Å². The minimum absolute atomic E-state index is 0.107. The van der Waals surface area contributed by atoms with Crippen molar-refractivity contribution in [1.29, 1.82) is 0 Å². The highest BCUT2D eigenvalue weighted by Crippen LogP contribution is 2.22. The topological polar surface area (TPSA) is 57.8 Å². The molecule has 0 saturated carbocycles. The molecular weight excluding hydrogens is 322 g/mol. The Balaban J connectivity index is 1.50. The number of fused-ring (bicyclic) bond motifs is 1. The molecule has 4 rings (SSSR count). The molecule has 0 saturated heterocycles. The van der Waals surface area contributed by atoms with Crippen molar-refractivity contribution in [2.75, 3.05) is 5.32 Å². The second kappa shape index (κ2) is 6.84. The number of hydrogen-bond acceptors (Lipinski definition) is 2. The summed E-state index contributed by atoms with van der Waals surface area (Å²) in [4.78, 5) is 20.3. The maximum absolute atomic E-state index is 12.4. The van der Waals surface area contributed by atoms with Gasteiger partial charge in [-0.3, -0.25) is 4.79 Å². The summed E-state index contributed by atoms with van der Waals surface area (Å²) in [7, 11) is 0. The maximum atomic E-state index is 12.4. The zero-order valence-corrected chi connectivity index (χ0v) is 14.5. The molecule has 0 aliphatic carbocycles. The minimum Gasteiger partial charge on any atom is -0.338 e. The van der Waals surface area contributed by atoms with Gasteiger partial charge in [-0.1, -0.05) is 31.2 Å². The van der Waals surface area contributed by atoms with E-state index in [1.54, 1.807) is 0 Å². The summed E-state index contributed by atoms with van der Waals surface area (Å²) < 4.78 is 0. The third-order valence-corrected chi connectivity index (χ3v) is 4.43. The molecule has 0 fully saturated rings. The minimum atomic E-state index is -0.107. The molecule has 0 radical (unpaired) electrons. The number of anilines is 1. The molecule has 1 amide bonds. The van der Waals surface area contributed by atoms with Crippen LogP contribution in [0, 0.1) is 0 Å². The Labute approximate surface area is 151 Å². The normalized spacial score (nSPS) is 10.8. The third-order valence-electron chi connectivity index (χ3n) is 4.43. The number of H-pyrrole nitrogens is 1. The molecule has 0 bridgehead atoms. The predicted molar refractivity (Wildman–Crippen MR) is 105 cm³/mol. The molecule has 1 aromatic heterocycles. The average molecular weight is 341 g/mol. The van der Waals surface area contributed by atoms with Gasteiger partial charge in [0.1, 0.15) is 5.82 Å².